The lowest BCUT2D eigenvalue weighted by atomic mass is 10.1. The lowest BCUT2D eigenvalue weighted by Gasteiger charge is -2.06. The summed E-state index contributed by atoms with van der Waals surface area (Å²) in [6.07, 6.45) is -0.676. The molecule has 0 aliphatic rings. The van der Waals surface area contributed by atoms with Gasteiger partial charge in [0.05, 0.1) is 6.61 Å². The van der Waals surface area contributed by atoms with E-state index in [0.717, 1.165) is 11.3 Å². The van der Waals surface area contributed by atoms with Crippen molar-refractivity contribution in [2.45, 2.75) is 20.0 Å². The fraction of sp³-hybridized carbons (Fsp3) is 0.400. The average molecular weight is 165 g/mol. The zero-order valence-corrected chi connectivity index (χ0v) is 7.41. The van der Waals surface area contributed by atoms with Gasteiger partial charge >= 0.3 is 0 Å². The number of rotatable bonds is 3. The first-order chi connectivity index (χ1) is 5.74. The minimum absolute atomic E-state index is 0.636. The van der Waals surface area contributed by atoms with Crippen LogP contribution >= 0.6 is 0 Å². The van der Waals surface area contributed by atoms with Gasteiger partial charge in [0.1, 0.15) is 11.9 Å². The van der Waals surface area contributed by atoms with Gasteiger partial charge in [0, 0.05) is 0 Å². The topological polar surface area (TPSA) is 29.1 Å². The molecule has 65 valence electrons. The summed E-state index contributed by atoms with van der Waals surface area (Å²) in [5.74, 6) is 0.776. The summed E-state index contributed by atoms with van der Waals surface area (Å²) in [6.45, 7) is 4.19. The fourth-order valence-corrected chi connectivity index (χ4v) is 1.02. The normalized spacial score (nSPS) is 12.6. The molecule has 1 aromatic carbocycles. The summed E-state index contributed by atoms with van der Waals surface area (Å²) in [4.78, 5) is 0. The minimum Gasteiger partial charge on any atom is -0.494 e. The van der Waals surface area contributed by atoms with E-state index >= 15 is 0 Å². The molecule has 12 heavy (non-hydrogen) atoms. The van der Waals surface area contributed by atoms with Gasteiger partial charge in [-0.2, -0.15) is 0 Å². The average Bonchev–Trinajstić information content (AvgIpc) is 2.05. The lowest BCUT2D eigenvalue weighted by molar-refractivity contribution is 0.106. The van der Waals surface area contributed by atoms with E-state index in [-0.39, 0.29) is 0 Å². The quantitative estimate of drug-likeness (QED) is 0.676. The predicted molar refractivity (Wildman–Crippen MR) is 46.7 cm³/mol. The van der Waals surface area contributed by atoms with Crippen molar-refractivity contribution in [3.05, 3.63) is 29.8 Å². The van der Waals surface area contributed by atoms with E-state index in [2.05, 4.69) is 0 Å². The second-order valence-corrected chi connectivity index (χ2v) is 2.65. The maximum atomic E-state index is 11.0. The number of benzene rings is 1. The summed E-state index contributed by atoms with van der Waals surface area (Å²) in [5, 5.41) is 11.0. The fourth-order valence-electron chi connectivity index (χ4n) is 1.02. The van der Waals surface area contributed by atoms with Crippen molar-refractivity contribution in [3.63, 3.8) is 0 Å². The molecule has 0 saturated carbocycles. The molecule has 0 saturated heterocycles. The monoisotopic (exact) mass is 165 g/mol. The third-order valence-corrected chi connectivity index (χ3v) is 1.64. The van der Waals surface area contributed by atoms with E-state index in [1.165, 1.54) is 0 Å². The van der Waals surface area contributed by atoms with Gasteiger partial charge in [-0.05, 0) is 31.5 Å². The van der Waals surface area contributed by atoms with Crippen LogP contribution in [-0.2, 0) is 5.11 Å². The van der Waals surface area contributed by atoms with Crippen molar-refractivity contribution < 1.29 is 9.84 Å². The minimum atomic E-state index is -0.676. The molecule has 0 N–H and O–H groups in total. The number of ether oxygens (including phenoxy) is 1. The van der Waals surface area contributed by atoms with Crippen LogP contribution in [0, 0.1) is 0 Å². The van der Waals surface area contributed by atoms with E-state index < -0.39 is 6.10 Å². The molecule has 0 fully saturated rings. The third-order valence-electron chi connectivity index (χ3n) is 1.64. The Morgan fingerprint density at radius 3 is 2.83 bits per heavy atom. The molecule has 2 heteroatoms. The van der Waals surface area contributed by atoms with Crippen LogP contribution in [0.1, 0.15) is 25.5 Å². The highest BCUT2D eigenvalue weighted by atomic mass is 16.5. The molecule has 1 aromatic rings. The van der Waals surface area contributed by atoms with Crippen molar-refractivity contribution >= 4 is 0 Å². The van der Waals surface area contributed by atoms with E-state index in [9.17, 15) is 5.11 Å². The molecule has 0 amide bonds. The highest BCUT2D eigenvalue weighted by Crippen LogP contribution is 2.18. The van der Waals surface area contributed by atoms with Crippen LogP contribution in [0.2, 0.25) is 0 Å². The van der Waals surface area contributed by atoms with Crippen molar-refractivity contribution in [2.24, 2.45) is 0 Å². The van der Waals surface area contributed by atoms with Gasteiger partial charge in [0.15, 0.2) is 0 Å². The molecule has 0 aliphatic carbocycles. The summed E-state index contributed by atoms with van der Waals surface area (Å²) in [7, 11) is 0. The molecule has 0 bridgehead atoms. The first kappa shape index (κ1) is 9.07. The predicted octanol–water partition coefficient (Wildman–Crippen LogP) is 2.58. The van der Waals surface area contributed by atoms with Crippen LogP contribution in [0.25, 0.3) is 0 Å². The molecule has 0 aliphatic heterocycles. The van der Waals surface area contributed by atoms with Gasteiger partial charge in [-0.3, -0.25) is 0 Å². The molecule has 1 atom stereocenters. The molecule has 1 unspecified atom stereocenters. The first-order valence-corrected chi connectivity index (χ1v) is 4.12. The Balaban J connectivity index is 2.81. The standard InChI is InChI=1S/C10H13O2/c1-3-12-10-6-4-5-9(7-10)8(2)11/h4-8H,3H2,1-2H3. The largest absolute Gasteiger partial charge is 0.494 e. The molecule has 1 rings (SSSR count). The van der Waals surface area contributed by atoms with E-state index in [1.54, 1.807) is 13.0 Å². The van der Waals surface area contributed by atoms with Crippen LogP contribution < -0.4 is 4.74 Å². The second-order valence-electron chi connectivity index (χ2n) is 2.65. The van der Waals surface area contributed by atoms with Gasteiger partial charge in [0.2, 0.25) is 0 Å². The first-order valence-electron chi connectivity index (χ1n) is 4.12. The highest BCUT2D eigenvalue weighted by molar-refractivity contribution is 5.29. The zero-order chi connectivity index (χ0) is 8.97. The number of hydrogen-bond donors (Lipinski definition) is 0. The van der Waals surface area contributed by atoms with Gasteiger partial charge in [-0.1, -0.05) is 12.1 Å². The van der Waals surface area contributed by atoms with Gasteiger partial charge in [-0.25, -0.2) is 5.11 Å². The summed E-state index contributed by atoms with van der Waals surface area (Å²) in [6, 6.07) is 7.31. The third kappa shape index (κ3) is 2.24. The molecule has 2 nitrogen and oxygen atoms in total. The summed E-state index contributed by atoms with van der Waals surface area (Å²) in [5.41, 5.74) is 0.779. The van der Waals surface area contributed by atoms with Crippen molar-refractivity contribution in [2.75, 3.05) is 6.61 Å². The summed E-state index contributed by atoms with van der Waals surface area (Å²) < 4.78 is 5.26. The lowest BCUT2D eigenvalue weighted by Crippen LogP contribution is -1.94. The van der Waals surface area contributed by atoms with Crippen molar-refractivity contribution in [1.29, 1.82) is 0 Å². The molecular weight excluding hydrogens is 152 g/mol. The molecule has 1 radical (unpaired) electrons. The Kier molecular flexibility index (Phi) is 3.11. The van der Waals surface area contributed by atoms with E-state index in [0.29, 0.717) is 6.61 Å². The van der Waals surface area contributed by atoms with Crippen LogP contribution in [0.5, 0.6) is 5.75 Å². The maximum Gasteiger partial charge on any atom is 0.119 e. The molecule has 0 aromatic heterocycles. The Hall–Kier alpha value is -1.02. The highest BCUT2D eigenvalue weighted by Gasteiger charge is 2.02. The molecule has 0 heterocycles. The Morgan fingerprint density at radius 1 is 1.50 bits per heavy atom. The van der Waals surface area contributed by atoms with Gasteiger partial charge in [0.25, 0.3) is 0 Å². The van der Waals surface area contributed by atoms with Crippen LogP contribution in [-0.4, -0.2) is 6.61 Å². The van der Waals surface area contributed by atoms with Crippen LogP contribution in [0.15, 0.2) is 24.3 Å². The van der Waals surface area contributed by atoms with Crippen molar-refractivity contribution in [1.82, 2.24) is 0 Å². The van der Waals surface area contributed by atoms with E-state index in [4.69, 9.17) is 4.74 Å². The van der Waals surface area contributed by atoms with Crippen molar-refractivity contribution in [3.8, 4) is 5.75 Å². The molecular formula is C10H13O2. The maximum absolute atomic E-state index is 11.0. The SMILES string of the molecule is CCOc1cccc(C(C)[O])c1. The smallest absolute Gasteiger partial charge is 0.119 e. The van der Waals surface area contributed by atoms with Crippen LogP contribution in [0.4, 0.5) is 0 Å². The summed E-state index contributed by atoms with van der Waals surface area (Å²) >= 11 is 0. The Bertz CT molecular complexity index is 243. The van der Waals surface area contributed by atoms with Gasteiger partial charge < -0.3 is 4.74 Å². The van der Waals surface area contributed by atoms with Gasteiger partial charge in [-0.15, -0.1) is 0 Å². The Labute approximate surface area is 72.8 Å². The van der Waals surface area contributed by atoms with Crippen LogP contribution in [0.3, 0.4) is 0 Å². The van der Waals surface area contributed by atoms with E-state index in [1.807, 2.05) is 25.1 Å². The molecule has 0 spiro atoms. The number of hydrogen-bond acceptors (Lipinski definition) is 1. The Morgan fingerprint density at radius 2 is 2.25 bits per heavy atom. The zero-order valence-electron chi connectivity index (χ0n) is 7.41. The second kappa shape index (κ2) is 4.12.